The standard InChI is InChI=1S/C17H19N5/c1-17(2,10-18)12-5-3-11(4-6-12)14-9-15(20-13-7-8-13)22-16(19)21-14/h3-6,9,13H,7-8H2,1-2H3,(H3,19,20,21,22). The number of anilines is 2. The fourth-order valence-electron chi connectivity index (χ4n) is 2.25. The van der Waals surface area contributed by atoms with Crippen molar-refractivity contribution in [1.29, 1.82) is 5.26 Å². The Morgan fingerprint density at radius 1 is 1.23 bits per heavy atom. The number of benzene rings is 1. The molecule has 112 valence electrons. The number of nitrogen functional groups attached to an aromatic ring is 1. The molecule has 5 nitrogen and oxygen atoms in total. The van der Waals surface area contributed by atoms with Gasteiger partial charge in [0.25, 0.3) is 0 Å². The lowest BCUT2D eigenvalue weighted by molar-refractivity contribution is 0.687. The summed E-state index contributed by atoms with van der Waals surface area (Å²) in [6, 6.07) is 12.6. The zero-order valence-corrected chi connectivity index (χ0v) is 12.8. The molecule has 0 atom stereocenters. The summed E-state index contributed by atoms with van der Waals surface area (Å²) in [5.41, 5.74) is 8.05. The summed E-state index contributed by atoms with van der Waals surface area (Å²) >= 11 is 0. The van der Waals surface area contributed by atoms with Crippen molar-refractivity contribution < 1.29 is 0 Å². The molecule has 1 aromatic carbocycles. The van der Waals surface area contributed by atoms with Gasteiger partial charge in [-0.15, -0.1) is 0 Å². The Morgan fingerprint density at radius 3 is 2.50 bits per heavy atom. The summed E-state index contributed by atoms with van der Waals surface area (Å²) in [7, 11) is 0. The van der Waals surface area contributed by atoms with E-state index in [1.165, 1.54) is 12.8 Å². The smallest absolute Gasteiger partial charge is 0.222 e. The summed E-state index contributed by atoms with van der Waals surface area (Å²) in [4.78, 5) is 8.53. The Hall–Kier alpha value is -2.61. The van der Waals surface area contributed by atoms with Gasteiger partial charge in [0.15, 0.2) is 0 Å². The van der Waals surface area contributed by atoms with Crippen LogP contribution >= 0.6 is 0 Å². The first kappa shape index (κ1) is 14.3. The molecule has 0 bridgehead atoms. The Bertz CT molecular complexity index is 724. The van der Waals surface area contributed by atoms with E-state index in [0.29, 0.717) is 6.04 Å². The first-order valence-electron chi connectivity index (χ1n) is 7.41. The molecule has 0 spiro atoms. The van der Waals surface area contributed by atoms with Crippen LogP contribution in [-0.2, 0) is 5.41 Å². The highest BCUT2D eigenvalue weighted by atomic mass is 15.1. The van der Waals surface area contributed by atoms with Gasteiger partial charge in [0.05, 0.1) is 17.2 Å². The molecule has 0 amide bonds. The molecule has 1 aromatic heterocycles. The molecule has 1 saturated carbocycles. The van der Waals surface area contributed by atoms with Crippen LogP contribution in [0.25, 0.3) is 11.3 Å². The zero-order chi connectivity index (χ0) is 15.7. The van der Waals surface area contributed by atoms with Crippen LogP contribution in [0, 0.1) is 11.3 Å². The Balaban J connectivity index is 1.90. The van der Waals surface area contributed by atoms with Gasteiger partial charge in [-0.25, -0.2) is 4.98 Å². The summed E-state index contributed by atoms with van der Waals surface area (Å²) in [5.74, 6) is 1.04. The summed E-state index contributed by atoms with van der Waals surface area (Å²) in [6.45, 7) is 3.81. The zero-order valence-electron chi connectivity index (χ0n) is 12.8. The minimum Gasteiger partial charge on any atom is -0.368 e. The minimum atomic E-state index is -0.498. The van der Waals surface area contributed by atoms with E-state index in [1.54, 1.807) is 0 Å². The lowest BCUT2D eigenvalue weighted by Crippen LogP contribution is -2.13. The molecule has 3 rings (SSSR count). The van der Waals surface area contributed by atoms with Crippen molar-refractivity contribution in [2.75, 3.05) is 11.1 Å². The molecule has 1 heterocycles. The number of nitrogens with one attached hydrogen (secondary N) is 1. The van der Waals surface area contributed by atoms with Gasteiger partial charge < -0.3 is 11.1 Å². The number of nitrogens with zero attached hydrogens (tertiary/aromatic N) is 3. The third-order valence-electron chi connectivity index (χ3n) is 3.85. The Labute approximate surface area is 130 Å². The van der Waals surface area contributed by atoms with Crippen LogP contribution in [0.1, 0.15) is 32.3 Å². The average Bonchev–Trinajstić information content (AvgIpc) is 3.31. The predicted molar refractivity (Wildman–Crippen MR) is 87.2 cm³/mol. The first-order chi connectivity index (χ1) is 10.5. The first-order valence-corrected chi connectivity index (χ1v) is 7.41. The Kier molecular flexibility index (Phi) is 3.45. The third-order valence-corrected chi connectivity index (χ3v) is 3.85. The van der Waals surface area contributed by atoms with E-state index in [4.69, 9.17) is 5.73 Å². The van der Waals surface area contributed by atoms with E-state index < -0.39 is 5.41 Å². The molecule has 22 heavy (non-hydrogen) atoms. The van der Waals surface area contributed by atoms with E-state index in [-0.39, 0.29) is 5.95 Å². The molecule has 5 heteroatoms. The van der Waals surface area contributed by atoms with Crippen LogP contribution in [0.2, 0.25) is 0 Å². The fourth-order valence-corrected chi connectivity index (χ4v) is 2.25. The second-order valence-corrected chi connectivity index (χ2v) is 6.23. The highest BCUT2D eigenvalue weighted by Crippen LogP contribution is 2.28. The molecule has 1 aliphatic carbocycles. The quantitative estimate of drug-likeness (QED) is 0.904. The predicted octanol–water partition coefficient (Wildman–Crippen LogP) is 3.10. The Morgan fingerprint density at radius 2 is 1.91 bits per heavy atom. The highest BCUT2D eigenvalue weighted by Gasteiger charge is 2.22. The monoisotopic (exact) mass is 293 g/mol. The van der Waals surface area contributed by atoms with Gasteiger partial charge in [-0.3, -0.25) is 0 Å². The summed E-state index contributed by atoms with van der Waals surface area (Å²) in [5, 5.41) is 12.5. The van der Waals surface area contributed by atoms with E-state index >= 15 is 0 Å². The fraction of sp³-hybridized carbons (Fsp3) is 0.353. The number of hydrogen-bond donors (Lipinski definition) is 2. The van der Waals surface area contributed by atoms with Gasteiger partial charge in [-0.1, -0.05) is 24.3 Å². The maximum atomic E-state index is 9.20. The number of aromatic nitrogens is 2. The maximum Gasteiger partial charge on any atom is 0.222 e. The van der Waals surface area contributed by atoms with E-state index in [0.717, 1.165) is 22.6 Å². The normalized spacial score (nSPS) is 14.4. The molecule has 1 fully saturated rings. The number of nitriles is 1. The molecular weight excluding hydrogens is 274 g/mol. The van der Waals surface area contributed by atoms with Crippen LogP contribution < -0.4 is 11.1 Å². The van der Waals surface area contributed by atoms with Crippen LogP contribution in [0.5, 0.6) is 0 Å². The molecule has 0 aliphatic heterocycles. The maximum absolute atomic E-state index is 9.20. The summed E-state index contributed by atoms with van der Waals surface area (Å²) in [6.07, 6.45) is 2.36. The van der Waals surface area contributed by atoms with Crippen molar-refractivity contribution >= 4 is 11.8 Å². The van der Waals surface area contributed by atoms with Gasteiger partial charge in [0.2, 0.25) is 5.95 Å². The third kappa shape index (κ3) is 3.01. The van der Waals surface area contributed by atoms with Crippen molar-refractivity contribution in [3.8, 4) is 17.3 Å². The second kappa shape index (κ2) is 5.30. The molecule has 0 saturated heterocycles. The van der Waals surface area contributed by atoms with Crippen molar-refractivity contribution in [2.24, 2.45) is 0 Å². The average molecular weight is 293 g/mol. The molecule has 3 N–H and O–H groups in total. The number of nitrogens with two attached hydrogens (primary N) is 1. The van der Waals surface area contributed by atoms with Crippen LogP contribution in [-0.4, -0.2) is 16.0 Å². The van der Waals surface area contributed by atoms with Crippen molar-refractivity contribution in [2.45, 2.75) is 38.1 Å². The molecule has 1 aliphatic rings. The minimum absolute atomic E-state index is 0.266. The van der Waals surface area contributed by atoms with E-state index in [1.807, 2.05) is 44.2 Å². The van der Waals surface area contributed by atoms with Crippen LogP contribution in [0.4, 0.5) is 11.8 Å². The molecule has 0 radical (unpaired) electrons. The molecular formula is C17H19N5. The SMILES string of the molecule is CC(C)(C#N)c1ccc(-c2cc(NC3CC3)nc(N)n2)cc1. The van der Waals surface area contributed by atoms with Crippen molar-refractivity contribution in [3.63, 3.8) is 0 Å². The van der Waals surface area contributed by atoms with Gasteiger partial charge in [0.1, 0.15) is 5.82 Å². The molecule has 0 unspecified atom stereocenters. The molecule has 2 aromatic rings. The van der Waals surface area contributed by atoms with Crippen LogP contribution in [0.15, 0.2) is 30.3 Å². The highest BCUT2D eigenvalue weighted by molar-refractivity contribution is 5.65. The van der Waals surface area contributed by atoms with Crippen LogP contribution in [0.3, 0.4) is 0 Å². The van der Waals surface area contributed by atoms with Gasteiger partial charge in [-0.05, 0) is 32.3 Å². The lowest BCUT2D eigenvalue weighted by Gasteiger charge is -2.16. The van der Waals surface area contributed by atoms with Crippen molar-refractivity contribution in [1.82, 2.24) is 9.97 Å². The number of hydrogen-bond acceptors (Lipinski definition) is 5. The number of rotatable bonds is 4. The van der Waals surface area contributed by atoms with Crippen molar-refractivity contribution in [3.05, 3.63) is 35.9 Å². The van der Waals surface area contributed by atoms with Gasteiger partial charge >= 0.3 is 0 Å². The van der Waals surface area contributed by atoms with Gasteiger partial charge in [0, 0.05) is 17.7 Å². The lowest BCUT2D eigenvalue weighted by atomic mass is 9.86. The second-order valence-electron chi connectivity index (χ2n) is 6.23. The van der Waals surface area contributed by atoms with Gasteiger partial charge in [-0.2, -0.15) is 10.2 Å². The summed E-state index contributed by atoms with van der Waals surface area (Å²) < 4.78 is 0. The topological polar surface area (TPSA) is 87.6 Å². The van der Waals surface area contributed by atoms with E-state index in [2.05, 4.69) is 21.4 Å². The van der Waals surface area contributed by atoms with E-state index in [9.17, 15) is 5.26 Å². The largest absolute Gasteiger partial charge is 0.368 e.